The number of aliphatic hydroxyl groups excluding tert-OH is 1. The van der Waals surface area contributed by atoms with Crippen LogP contribution in [-0.2, 0) is 27.4 Å². The van der Waals surface area contributed by atoms with E-state index in [0.717, 1.165) is 18.7 Å². The number of amides is 1. The van der Waals surface area contributed by atoms with Gasteiger partial charge in [-0.15, -0.1) is 0 Å². The lowest BCUT2D eigenvalue weighted by Crippen LogP contribution is -2.29. The van der Waals surface area contributed by atoms with Gasteiger partial charge in [-0.1, -0.05) is 35.9 Å². The monoisotopic (exact) mass is 377 g/mol. The van der Waals surface area contributed by atoms with Gasteiger partial charge in [-0.25, -0.2) is 9.18 Å². The topological polar surface area (TPSA) is 66.8 Å². The summed E-state index contributed by atoms with van der Waals surface area (Å²) in [6.07, 6.45) is 0.792. The first-order valence-corrected chi connectivity index (χ1v) is 8.03. The molecular weight excluding hydrogens is 361 g/mol. The van der Waals surface area contributed by atoms with E-state index < -0.39 is 17.6 Å². The minimum Gasteiger partial charge on any atom is -0.502 e. The number of nitrogens with zero attached hydrogens (tertiary/aromatic N) is 1. The summed E-state index contributed by atoms with van der Waals surface area (Å²) in [5, 5.41) is 10.1. The molecule has 0 aliphatic carbocycles. The largest absolute Gasteiger partial charge is 0.502 e. The fraction of sp³-hybridized carbons (Fsp3) is 0.158. The number of methoxy groups -OCH3 is 1. The quantitative estimate of drug-likeness (QED) is 0.474. The van der Waals surface area contributed by atoms with Gasteiger partial charge in [0.2, 0.25) is 5.76 Å². The van der Waals surface area contributed by atoms with E-state index in [1.54, 1.807) is 36.4 Å². The van der Waals surface area contributed by atoms with E-state index in [2.05, 4.69) is 4.74 Å². The van der Waals surface area contributed by atoms with Gasteiger partial charge in [0.25, 0.3) is 5.91 Å². The zero-order valence-electron chi connectivity index (χ0n) is 14.0. The molecule has 0 spiro atoms. The maximum Gasteiger partial charge on any atom is 0.373 e. The van der Waals surface area contributed by atoms with Crippen LogP contribution in [0, 0.1) is 5.82 Å². The Morgan fingerprint density at radius 2 is 1.81 bits per heavy atom. The van der Waals surface area contributed by atoms with Crippen molar-refractivity contribution in [3.05, 3.63) is 82.3 Å². The molecule has 0 aliphatic rings. The van der Waals surface area contributed by atoms with Crippen LogP contribution in [0.1, 0.15) is 11.1 Å². The van der Waals surface area contributed by atoms with Gasteiger partial charge >= 0.3 is 5.97 Å². The van der Waals surface area contributed by atoms with Crippen LogP contribution < -0.4 is 0 Å². The Balaban J connectivity index is 2.26. The van der Waals surface area contributed by atoms with Crippen molar-refractivity contribution in [2.24, 2.45) is 0 Å². The van der Waals surface area contributed by atoms with Gasteiger partial charge in [0.1, 0.15) is 5.82 Å². The molecule has 0 saturated heterocycles. The Morgan fingerprint density at radius 3 is 2.42 bits per heavy atom. The molecule has 136 valence electrons. The van der Waals surface area contributed by atoms with Gasteiger partial charge in [-0.3, -0.25) is 4.79 Å². The normalized spacial score (nSPS) is 11.1. The molecule has 0 atom stereocenters. The van der Waals surface area contributed by atoms with Crippen LogP contribution in [0.5, 0.6) is 0 Å². The average Bonchev–Trinajstić information content (AvgIpc) is 2.62. The number of ether oxygens (including phenoxy) is 1. The number of aliphatic hydroxyl groups is 1. The third-order valence-electron chi connectivity index (χ3n) is 3.52. The van der Waals surface area contributed by atoms with Crippen LogP contribution in [0.2, 0.25) is 5.02 Å². The fourth-order valence-corrected chi connectivity index (χ4v) is 2.46. The molecule has 0 aromatic heterocycles. The lowest BCUT2D eigenvalue weighted by atomic mass is 10.1. The van der Waals surface area contributed by atoms with Gasteiger partial charge in [-0.05, 0) is 35.4 Å². The minimum absolute atomic E-state index is 0.149. The molecule has 0 bridgehead atoms. The molecular formula is C19H17ClFNO4. The SMILES string of the molecule is COC(=O)/C(O)=C/C(=O)N(Cc1ccc(F)cc1)Cc1cccc(Cl)c1. The lowest BCUT2D eigenvalue weighted by molar-refractivity contribution is -0.139. The highest BCUT2D eigenvalue weighted by molar-refractivity contribution is 6.30. The Kier molecular flexibility index (Phi) is 6.74. The molecule has 0 unspecified atom stereocenters. The van der Waals surface area contributed by atoms with Crippen molar-refractivity contribution < 1.29 is 23.8 Å². The van der Waals surface area contributed by atoms with Crippen molar-refractivity contribution >= 4 is 23.5 Å². The average molecular weight is 378 g/mol. The van der Waals surface area contributed by atoms with E-state index in [9.17, 15) is 19.1 Å². The summed E-state index contributed by atoms with van der Waals surface area (Å²) in [7, 11) is 1.10. The second kappa shape index (κ2) is 9.01. The highest BCUT2D eigenvalue weighted by atomic mass is 35.5. The van der Waals surface area contributed by atoms with Crippen molar-refractivity contribution in [2.45, 2.75) is 13.1 Å². The lowest BCUT2D eigenvalue weighted by Gasteiger charge is -2.22. The predicted octanol–water partition coefficient (Wildman–Crippen LogP) is 3.62. The van der Waals surface area contributed by atoms with Crippen LogP contribution in [0.15, 0.2) is 60.4 Å². The number of hydrogen-bond donors (Lipinski definition) is 1. The van der Waals surface area contributed by atoms with Crippen molar-refractivity contribution in [1.29, 1.82) is 0 Å². The Labute approximate surface area is 155 Å². The second-order valence-electron chi connectivity index (χ2n) is 5.47. The molecule has 1 amide bonds. The summed E-state index contributed by atoms with van der Waals surface area (Å²) >= 11 is 5.97. The third kappa shape index (κ3) is 5.60. The molecule has 2 aromatic carbocycles. The zero-order chi connectivity index (χ0) is 19.1. The van der Waals surface area contributed by atoms with Crippen molar-refractivity contribution in [2.75, 3.05) is 7.11 Å². The predicted molar refractivity (Wildman–Crippen MR) is 94.8 cm³/mol. The molecule has 26 heavy (non-hydrogen) atoms. The molecule has 2 aromatic rings. The molecule has 0 fully saturated rings. The van der Waals surface area contributed by atoms with E-state index in [1.165, 1.54) is 17.0 Å². The van der Waals surface area contributed by atoms with E-state index in [4.69, 9.17) is 11.6 Å². The van der Waals surface area contributed by atoms with Crippen LogP contribution >= 0.6 is 11.6 Å². The van der Waals surface area contributed by atoms with Crippen molar-refractivity contribution in [3.63, 3.8) is 0 Å². The van der Waals surface area contributed by atoms with Gasteiger partial charge in [0, 0.05) is 18.1 Å². The molecule has 7 heteroatoms. The third-order valence-corrected chi connectivity index (χ3v) is 3.75. The van der Waals surface area contributed by atoms with Gasteiger partial charge in [0.05, 0.1) is 13.2 Å². The summed E-state index contributed by atoms with van der Waals surface area (Å²) in [6.45, 7) is 0.332. The first kappa shape index (κ1) is 19.5. The van der Waals surface area contributed by atoms with Gasteiger partial charge < -0.3 is 14.7 Å². The van der Waals surface area contributed by atoms with Gasteiger partial charge in [-0.2, -0.15) is 0 Å². The van der Waals surface area contributed by atoms with E-state index in [1.807, 2.05) is 0 Å². The number of rotatable bonds is 6. The van der Waals surface area contributed by atoms with Crippen LogP contribution in [0.25, 0.3) is 0 Å². The number of hydrogen-bond acceptors (Lipinski definition) is 4. The van der Waals surface area contributed by atoms with E-state index in [-0.39, 0.29) is 18.9 Å². The number of carbonyl (C=O) groups is 2. The smallest absolute Gasteiger partial charge is 0.373 e. The molecule has 0 heterocycles. The van der Waals surface area contributed by atoms with Crippen LogP contribution in [-0.4, -0.2) is 29.0 Å². The molecule has 0 radical (unpaired) electrons. The maximum absolute atomic E-state index is 13.1. The number of carbonyl (C=O) groups excluding carboxylic acids is 2. The Bertz CT molecular complexity index is 821. The fourth-order valence-electron chi connectivity index (χ4n) is 2.25. The summed E-state index contributed by atoms with van der Waals surface area (Å²) in [4.78, 5) is 25.2. The number of halogens is 2. The van der Waals surface area contributed by atoms with Crippen LogP contribution in [0.3, 0.4) is 0 Å². The standard InChI is InChI=1S/C19H17ClFNO4/c1-26-19(25)17(23)10-18(24)22(11-13-5-7-16(21)8-6-13)12-14-3-2-4-15(20)9-14/h2-10,23H,11-12H2,1H3/b17-10-. The summed E-state index contributed by atoms with van der Waals surface area (Å²) in [6, 6.07) is 12.6. The number of benzene rings is 2. The van der Waals surface area contributed by atoms with Crippen molar-refractivity contribution in [1.82, 2.24) is 4.90 Å². The van der Waals surface area contributed by atoms with Gasteiger partial charge in [0.15, 0.2) is 0 Å². The highest BCUT2D eigenvalue weighted by Gasteiger charge is 2.17. The summed E-state index contributed by atoms with van der Waals surface area (Å²) in [5.74, 6) is -2.79. The maximum atomic E-state index is 13.1. The Hall–Kier alpha value is -2.86. The first-order chi connectivity index (χ1) is 12.4. The number of esters is 1. The highest BCUT2D eigenvalue weighted by Crippen LogP contribution is 2.16. The molecule has 0 saturated carbocycles. The van der Waals surface area contributed by atoms with Crippen molar-refractivity contribution in [3.8, 4) is 0 Å². The van der Waals surface area contributed by atoms with E-state index >= 15 is 0 Å². The Morgan fingerprint density at radius 1 is 1.15 bits per heavy atom. The first-order valence-electron chi connectivity index (χ1n) is 7.66. The summed E-state index contributed by atoms with van der Waals surface area (Å²) < 4.78 is 17.5. The second-order valence-corrected chi connectivity index (χ2v) is 5.91. The molecule has 0 aliphatic heterocycles. The molecule has 1 N–H and O–H groups in total. The van der Waals surface area contributed by atoms with E-state index in [0.29, 0.717) is 10.6 Å². The minimum atomic E-state index is -1.01. The van der Waals surface area contributed by atoms with Crippen LogP contribution in [0.4, 0.5) is 4.39 Å². The summed E-state index contributed by atoms with van der Waals surface area (Å²) in [5.41, 5.74) is 1.45. The molecule has 5 nitrogen and oxygen atoms in total. The zero-order valence-corrected chi connectivity index (χ0v) is 14.7. The molecule has 2 rings (SSSR count).